The number of benzene rings is 1. The van der Waals surface area contributed by atoms with Gasteiger partial charge in [0.05, 0.1) is 12.6 Å². The third-order valence-electron chi connectivity index (χ3n) is 3.56. The van der Waals surface area contributed by atoms with E-state index in [2.05, 4.69) is 15.6 Å². The number of carbonyl (C=O) groups excluding carboxylic acids is 1. The molecule has 0 saturated carbocycles. The van der Waals surface area contributed by atoms with Crippen LogP contribution >= 0.6 is 35.6 Å². The van der Waals surface area contributed by atoms with Crippen molar-refractivity contribution in [3.05, 3.63) is 34.9 Å². The van der Waals surface area contributed by atoms with Gasteiger partial charge in [0.15, 0.2) is 5.96 Å². The van der Waals surface area contributed by atoms with Gasteiger partial charge in [-0.2, -0.15) is 0 Å². The lowest BCUT2D eigenvalue weighted by atomic mass is 10.2. The molecule has 24 heavy (non-hydrogen) atoms. The van der Waals surface area contributed by atoms with Gasteiger partial charge in [0.2, 0.25) is 0 Å². The Morgan fingerprint density at radius 1 is 1.38 bits per heavy atom. The Balaban J connectivity index is 0.00000288. The molecule has 3 N–H and O–H groups in total. The highest BCUT2D eigenvalue weighted by Crippen LogP contribution is 2.09. The van der Waals surface area contributed by atoms with E-state index in [1.807, 2.05) is 11.8 Å². The van der Waals surface area contributed by atoms with Crippen LogP contribution in [0.5, 0.6) is 0 Å². The minimum Gasteiger partial charge on any atom is -0.391 e. The maximum absolute atomic E-state index is 12.0. The van der Waals surface area contributed by atoms with E-state index >= 15 is 0 Å². The minimum atomic E-state index is -0.288. The van der Waals surface area contributed by atoms with Crippen LogP contribution in [0.15, 0.2) is 29.3 Å². The molecule has 1 heterocycles. The molecule has 1 aromatic rings. The van der Waals surface area contributed by atoms with Gasteiger partial charge in [-0.15, -0.1) is 24.0 Å². The Bertz CT molecular complexity index is 554. The molecule has 1 atom stereocenters. The van der Waals surface area contributed by atoms with Gasteiger partial charge < -0.3 is 20.6 Å². The van der Waals surface area contributed by atoms with Crippen LogP contribution in [0.25, 0.3) is 0 Å². The monoisotopic (exact) mass is 466 g/mol. The van der Waals surface area contributed by atoms with Crippen molar-refractivity contribution in [1.29, 1.82) is 0 Å². The highest BCUT2D eigenvalue weighted by Gasteiger charge is 2.22. The molecule has 1 amide bonds. The Labute approximate surface area is 164 Å². The van der Waals surface area contributed by atoms with Gasteiger partial charge in [-0.3, -0.25) is 9.79 Å². The quantitative estimate of drug-likeness (QED) is 0.267. The van der Waals surface area contributed by atoms with E-state index in [1.54, 1.807) is 24.3 Å². The zero-order valence-electron chi connectivity index (χ0n) is 13.7. The molecule has 1 saturated heterocycles. The van der Waals surface area contributed by atoms with Gasteiger partial charge in [-0.25, -0.2) is 0 Å². The second kappa shape index (κ2) is 10.7. The number of rotatable bonds is 5. The summed E-state index contributed by atoms with van der Waals surface area (Å²) >= 11 is 5.80. The molecular formula is C16H24ClIN4O2. The van der Waals surface area contributed by atoms with E-state index in [0.717, 1.165) is 25.5 Å². The standard InChI is InChI=1S/C16H23ClN4O2.HI/c1-2-18-16(21-10-7-14(22)11-21)20-9-8-19-15(23)12-3-5-13(17)6-4-12;/h3-6,14,22H,2,7-11H2,1H3,(H,18,20)(H,19,23);1H/t14-;/m1./s1. The summed E-state index contributed by atoms with van der Waals surface area (Å²) in [5.41, 5.74) is 0.577. The smallest absolute Gasteiger partial charge is 0.251 e. The lowest BCUT2D eigenvalue weighted by molar-refractivity contribution is 0.0955. The van der Waals surface area contributed by atoms with Crippen molar-refractivity contribution in [2.24, 2.45) is 4.99 Å². The van der Waals surface area contributed by atoms with Crippen molar-refractivity contribution in [1.82, 2.24) is 15.5 Å². The first kappa shape index (κ1) is 21.0. The zero-order chi connectivity index (χ0) is 16.7. The van der Waals surface area contributed by atoms with Crippen LogP contribution in [0.4, 0.5) is 0 Å². The number of aliphatic imine (C=N–C) groups is 1. The van der Waals surface area contributed by atoms with E-state index < -0.39 is 0 Å². The molecule has 134 valence electrons. The van der Waals surface area contributed by atoms with E-state index in [4.69, 9.17) is 11.6 Å². The van der Waals surface area contributed by atoms with Crippen molar-refractivity contribution in [3.8, 4) is 0 Å². The number of halogens is 2. The maximum atomic E-state index is 12.0. The van der Waals surface area contributed by atoms with Crippen LogP contribution in [0.2, 0.25) is 5.02 Å². The average molecular weight is 467 g/mol. The van der Waals surface area contributed by atoms with E-state index in [1.165, 1.54) is 0 Å². The number of β-amino-alcohol motifs (C(OH)–C–C–N with tert-alkyl or cyclic N) is 1. The SMILES string of the molecule is CCNC(=NCCNC(=O)c1ccc(Cl)cc1)N1CC[C@@H](O)C1.I. The predicted molar refractivity (Wildman–Crippen MR) is 107 cm³/mol. The molecule has 8 heteroatoms. The summed E-state index contributed by atoms with van der Waals surface area (Å²) in [5.74, 6) is 0.642. The first-order chi connectivity index (χ1) is 11.1. The lowest BCUT2D eigenvalue weighted by Crippen LogP contribution is -2.41. The van der Waals surface area contributed by atoms with Crippen molar-refractivity contribution < 1.29 is 9.90 Å². The summed E-state index contributed by atoms with van der Waals surface area (Å²) in [7, 11) is 0. The van der Waals surface area contributed by atoms with Crippen LogP contribution in [0.1, 0.15) is 23.7 Å². The zero-order valence-corrected chi connectivity index (χ0v) is 16.8. The molecule has 0 aromatic heterocycles. The molecule has 0 spiro atoms. The summed E-state index contributed by atoms with van der Waals surface area (Å²) in [6.45, 7) is 5.10. The molecular weight excluding hydrogens is 443 g/mol. The Kier molecular flexibility index (Phi) is 9.38. The Morgan fingerprint density at radius 2 is 2.08 bits per heavy atom. The first-order valence-corrected chi connectivity index (χ1v) is 8.23. The highest BCUT2D eigenvalue weighted by atomic mass is 127. The van der Waals surface area contributed by atoms with Gasteiger partial charge in [-0.05, 0) is 37.6 Å². The van der Waals surface area contributed by atoms with Crippen molar-refractivity contribution in [3.63, 3.8) is 0 Å². The number of guanidine groups is 1. The molecule has 0 radical (unpaired) electrons. The number of amides is 1. The Morgan fingerprint density at radius 3 is 2.67 bits per heavy atom. The Hall–Kier alpha value is -1.06. The molecule has 1 fully saturated rings. The number of nitrogens with one attached hydrogen (secondary N) is 2. The normalized spacial score (nSPS) is 17.4. The van der Waals surface area contributed by atoms with Crippen molar-refractivity contribution in [2.75, 3.05) is 32.7 Å². The molecule has 2 rings (SSSR count). The van der Waals surface area contributed by atoms with Crippen LogP contribution in [-0.4, -0.2) is 60.7 Å². The molecule has 0 unspecified atom stereocenters. The fraction of sp³-hybridized carbons (Fsp3) is 0.500. The van der Waals surface area contributed by atoms with E-state index in [9.17, 15) is 9.90 Å². The number of hydrogen-bond donors (Lipinski definition) is 3. The molecule has 1 aromatic carbocycles. The van der Waals surface area contributed by atoms with Gasteiger partial charge in [-0.1, -0.05) is 11.6 Å². The summed E-state index contributed by atoms with van der Waals surface area (Å²) in [4.78, 5) is 18.5. The fourth-order valence-corrected chi connectivity index (χ4v) is 2.52. The van der Waals surface area contributed by atoms with Crippen LogP contribution in [0.3, 0.4) is 0 Å². The van der Waals surface area contributed by atoms with Crippen molar-refractivity contribution >= 4 is 47.4 Å². The van der Waals surface area contributed by atoms with Gasteiger partial charge in [0.25, 0.3) is 5.91 Å². The second-order valence-electron chi connectivity index (χ2n) is 5.39. The summed E-state index contributed by atoms with van der Waals surface area (Å²) in [5, 5.41) is 16.3. The molecule has 1 aliphatic heterocycles. The summed E-state index contributed by atoms with van der Waals surface area (Å²) < 4.78 is 0. The summed E-state index contributed by atoms with van der Waals surface area (Å²) in [6, 6.07) is 6.76. The molecule has 0 bridgehead atoms. The van der Waals surface area contributed by atoms with Gasteiger partial charge in [0.1, 0.15) is 0 Å². The van der Waals surface area contributed by atoms with Crippen LogP contribution in [0, 0.1) is 0 Å². The number of hydrogen-bond acceptors (Lipinski definition) is 3. The largest absolute Gasteiger partial charge is 0.391 e. The number of nitrogens with zero attached hydrogens (tertiary/aromatic N) is 2. The topological polar surface area (TPSA) is 77.0 Å². The highest BCUT2D eigenvalue weighted by molar-refractivity contribution is 14.0. The van der Waals surface area contributed by atoms with Crippen molar-refractivity contribution in [2.45, 2.75) is 19.4 Å². The van der Waals surface area contributed by atoms with Crippen LogP contribution in [-0.2, 0) is 0 Å². The van der Waals surface area contributed by atoms with Crippen LogP contribution < -0.4 is 10.6 Å². The number of aliphatic hydroxyl groups is 1. The average Bonchev–Trinajstić information content (AvgIpc) is 2.97. The van der Waals surface area contributed by atoms with E-state index in [0.29, 0.717) is 30.2 Å². The second-order valence-corrected chi connectivity index (χ2v) is 5.82. The van der Waals surface area contributed by atoms with Gasteiger partial charge in [0, 0.05) is 36.8 Å². The molecule has 1 aliphatic rings. The summed E-state index contributed by atoms with van der Waals surface area (Å²) in [6.07, 6.45) is 0.473. The fourth-order valence-electron chi connectivity index (χ4n) is 2.39. The lowest BCUT2D eigenvalue weighted by Gasteiger charge is -2.20. The molecule has 6 nitrogen and oxygen atoms in total. The van der Waals surface area contributed by atoms with Gasteiger partial charge >= 0.3 is 0 Å². The van der Waals surface area contributed by atoms with E-state index in [-0.39, 0.29) is 36.0 Å². The number of likely N-dealkylation sites (tertiary alicyclic amines) is 1. The predicted octanol–water partition coefficient (Wildman–Crippen LogP) is 1.72. The third kappa shape index (κ3) is 6.45. The maximum Gasteiger partial charge on any atom is 0.251 e. The molecule has 0 aliphatic carbocycles. The first-order valence-electron chi connectivity index (χ1n) is 7.85. The number of aliphatic hydroxyl groups excluding tert-OH is 1. The minimum absolute atomic E-state index is 0. The number of carbonyl (C=O) groups is 1. The third-order valence-corrected chi connectivity index (χ3v) is 3.82.